The molecule has 0 radical (unpaired) electrons. The molecule has 0 aliphatic rings. The first kappa shape index (κ1) is 15.6. The van der Waals surface area contributed by atoms with Crippen LogP contribution in [0.1, 0.15) is 39.2 Å². The zero-order chi connectivity index (χ0) is 14.1. The lowest BCUT2D eigenvalue weighted by atomic mass is 10.00. The van der Waals surface area contributed by atoms with Crippen LogP contribution < -0.4 is 9.47 Å². The van der Waals surface area contributed by atoms with E-state index in [0.717, 1.165) is 37.4 Å². The van der Waals surface area contributed by atoms with Crippen molar-refractivity contribution in [1.29, 1.82) is 0 Å². The van der Waals surface area contributed by atoms with Gasteiger partial charge in [0.1, 0.15) is 0 Å². The van der Waals surface area contributed by atoms with E-state index in [4.69, 9.17) is 9.47 Å². The van der Waals surface area contributed by atoms with Crippen molar-refractivity contribution in [2.45, 2.75) is 40.0 Å². The molecule has 0 amide bonds. The molecule has 0 N–H and O–H groups in total. The summed E-state index contributed by atoms with van der Waals surface area (Å²) in [7, 11) is 1.69. The molecule has 0 aromatic heterocycles. The SMILES string of the molecule is CC/C=C\C(C)Cc1ccc(OCCC)c(OC)c1. The average Bonchev–Trinajstić information content (AvgIpc) is 2.43. The van der Waals surface area contributed by atoms with Gasteiger partial charge in [-0.2, -0.15) is 0 Å². The minimum Gasteiger partial charge on any atom is -0.493 e. The fourth-order valence-corrected chi connectivity index (χ4v) is 1.98. The molecule has 106 valence electrons. The summed E-state index contributed by atoms with van der Waals surface area (Å²) < 4.78 is 11.1. The van der Waals surface area contributed by atoms with Crippen LogP contribution in [0.2, 0.25) is 0 Å². The van der Waals surface area contributed by atoms with Crippen LogP contribution in [0.4, 0.5) is 0 Å². The van der Waals surface area contributed by atoms with Gasteiger partial charge in [0.2, 0.25) is 0 Å². The molecular weight excluding hydrogens is 236 g/mol. The number of hydrogen-bond donors (Lipinski definition) is 0. The van der Waals surface area contributed by atoms with Gasteiger partial charge >= 0.3 is 0 Å². The van der Waals surface area contributed by atoms with Crippen molar-refractivity contribution in [3.8, 4) is 11.5 Å². The van der Waals surface area contributed by atoms with E-state index in [-0.39, 0.29) is 0 Å². The first-order valence-corrected chi connectivity index (χ1v) is 7.17. The maximum absolute atomic E-state index is 5.66. The molecule has 2 nitrogen and oxygen atoms in total. The fourth-order valence-electron chi connectivity index (χ4n) is 1.98. The smallest absolute Gasteiger partial charge is 0.161 e. The lowest BCUT2D eigenvalue weighted by Crippen LogP contribution is -2.00. The Bertz CT molecular complexity index is 396. The van der Waals surface area contributed by atoms with E-state index < -0.39 is 0 Å². The van der Waals surface area contributed by atoms with Gasteiger partial charge in [0.05, 0.1) is 13.7 Å². The van der Waals surface area contributed by atoms with Crippen LogP contribution in [0.3, 0.4) is 0 Å². The Labute approximate surface area is 117 Å². The predicted octanol–water partition coefficient (Wildman–Crippen LogP) is 4.63. The lowest BCUT2D eigenvalue weighted by molar-refractivity contribution is 0.294. The second kappa shape index (κ2) is 8.63. The van der Waals surface area contributed by atoms with Crippen LogP contribution in [0.5, 0.6) is 11.5 Å². The van der Waals surface area contributed by atoms with E-state index in [1.54, 1.807) is 7.11 Å². The summed E-state index contributed by atoms with van der Waals surface area (Å²) in [5, 5.41) is 0. The van der Waals surface area contributed by atoms with Crippen molar-refractivity contribution in [2.24, 2.45) is 5.92 Å². The predicted molar refractivity (Wildman–Crippen MR) is 81.1 cm³/mol. The van der Waals surface area contributed by atoms with Crippen molar-refractivity contribution in [2.75, 3.05) is 13.7 Å². The molecule has 0 saturated heterocycles. The van der Waals surface area contributed by atoms with Crippen molar-refractivity contribution in [1.82, 2.24) is 0 Å². The highest BCUT2D eigenvalue weighted by molar-refractivity contribution is 5.43. The van der Waals surface area contributed by atoms with E-state index >= 15 is 0 Å². The first-order chi connectivity index (χ1) is 9.21. The Balaban J connectivity index is 2.73. The number of hydrogen-bond acceptors (Lipinski definition) is 2. The molecular formula is C17H26O2. The second-order valence-corrected chi connectivity index (χ2v) is 4.85. The molecule has 0 bridgehead atoms. The Morgan fingerprint density at radius 1 is 1.21 bits per heavy atom. The normalized spacial score (nSPS) is 12.6. The molecule has 0 fully saturated rings. The third-order valence-electron chi connectivity index (χ3n) is 2.95. The van der Waals surface area contributed by atoms with Crippen molar-refractivity contribution >= 4 is 0 Å². The van der Waals surface area contributed by atoms with Gasteiger partial charge in [-0.1, -0.05) is 39.0 Å². The topological polar surface area (TPSA) is 18.5 Å². The fraction of sp³-hybridized carbons (Fsp3) is 0.529. The zero-order valence-electron chi connectivity index (χ0n) is 12.6. The van der Waals surface area contributed by atoms with Gasteiger partial charge in [-0.15, -0.1) is 0 Å². The molecule has 1 aromatic rings. The molecule has 0 aliphatic heterocycles. The van der Waals surface area contributed by atoms with E-state index in [9.17, 15) is 0 Å². The summed E-state index contributed by atoms with van der Waals surface area (Å²) in [5.41, 5.74) is 1.29. The Hall–Kier alpha value is -1.44. The second-order valence-electron chi connectivity index (χ2n) is 4.85. The van der Waals surface area contributed by atoms with Crippen molar-refractivity contribution in [3.05, 3.63) is 35.9 Å². The van der Waals surface area contributed by atoms with Crippen LogP contribution in [-0.2, 0) is 6.42 Å². The summed E-state index contributed by atoms with van der Waals surface area (Å²) in [5.74, 6) is 2.22. The van der Waals surface area contributed by atoms with Crippen LogP contribution in [0.25, 0.3) is 0 Å². The first-order valence-electron chi connectivity index (χ1n) is 7.17. The maximum atomic E-state index is 5.66. The van der Waals surface area contributed by atoms with Gasteiger partial charge in [-0.3, -0.25) is 0 Å². The number of benzene rings is 1. The summed E-state index contributed by atoms with van der Waals surface area (Å²) in [6, 6.07) is 6.23. The molecule has 1 unspecified atom stereocenters. The minimum atomic E-state index is 0.548. The van der Waals surface area contributed by atoms with E-state index in [2.05, 4.69) is 45.1 Å². The molecule has 1 atom stereocenters. The molecule has 0 saturated carbocycles. The molecule has 0 spiro atoms. The summed E-state index contributed by atoms with van der Waals surface area (Å²) in [6.45, 7) is 7.22. The van der Waals surface area contributed by atoms with Crippen molar-refractivity contribution in [3.63, 3.8) is 0 Å². The number of rotatable bonds is 8. The molecule has 19 heavy (non-hydrogen) atoms. The summed E-state index contributed by atoms with van der Waals surface area (Å²) >= 11 is 0. The van der Waals surface area contributed by atoms with Crippen molar-refractivity contribution < 1.29 is 9.47 Å². The van der Waals surface area contributed by atoms with Gasteiger partial charge in [-0.25, -0.2) is 0 Å². The quantitative estimate of drug-likeness (QED) is 0.636. The summed E-state index contributed by atoms with van der Waals surface area (Å²) in [6.07, 6.45) is 7.62. The zero-order valence-corrected chi connectivity index (χ0v) is 12.6. The maximum Gasteiger partial charge on any atom is 0.161 e. The van der Waals surface area contributed by atoms with Crippen LogP contribution >= 0.6 is 0 Å². The van der Waals surface area contributed by atoms with Gasteiger partial charge in [-0.05, 0) is 42.9 Å². The van der Waals surface area contributed by atoms with E-state index in [1.807, 2.05) is 6.07 Å². The van der Waals surface area contributed by atoms with Crippen LogP contribution in [0.15, 0.2) is 30.4 Å². The Morgan fingerprint density at radius 2 is 2.00 bits per heavy atom. The number of methoxy groups -OCH3 is 1. The monoisotopic (exact) mass is 262 g/mol. The minimum absolute atomic E-state index is 0.548. The molecule has 2 heteroatoms. The molecule has 1 aromatic carbocycles. The Morgan fingerprint density at radius 3 is 2.63 bits per heavy atom. The Kier molecular flexibility index (Phi) is 7.09. The van der Waals surface area contributed by atoms with Crippen LogP contribution in [-0.4, -0.2) is 13.7 Å². The average molecular weight is 262 g/mol. The van der Waals surface area contributed by atoms with Crippen LogP contribution in [0, 0.1) is 5.92 Å². The standard InChI is InChI=1S/C17H26O2/c1-5-7-8-14(3)12-15-9-10-16(19-11-6-2)17(13-15)18-4/h7-10,13-14H,5-6,11-12H2,1-4H3/b8-7-. The third kappa shape index (κ3) is 5.37. The van der Waals surface area contributed by atoms with Gasteiger partial charge in [0.15, 0.2) is 11.5 Å². The molecule has 0 heterocycles. The highest BCUT2D eigenvalue weighted by atomic mass is 16.5. The van der Waals surface area contributed by atoms with E-state index in [1.165, 1.54) is 5.56 Å². The van der Waals surface area contributed by atoms with Gasteiger partial charge in [0.25, 0.3) is 0 Å². The number of allylic oxidation sites excluding steroid dienone is 2. The van der Waals surface area contributed by atoms with Gasteiger partial charge < -0.3 is 9.47 Å². The lowest BCUT2D eigenvalue weighted by Gasteiger charge is -2.13. The largest absolute Gasteiger partial charge is 0.493 e. The van der Waals surface area contributed by atoms with E-state index in [0.29, 0.717) is 5.92 Å². The molecule has 0 aliphatic carbocycles. The molecule has 1 rings (SSSR count). The highest BCUT2D eigenvalue weighted by Gasteiger charge is 2.07. The van der Waals surface area contributed by atoms with Gasteiger partial charge in [0, 0.05) is 0 Å². The third-order valence-corrected chi connectivity index (χ3v) is 2.95. The summed E-state index contributed by atoms with van der Waals surface area (Å²) in [4.78, 5) is 0. The number of ether oxygens (including phenoxy) is 2. The highest BCUT2D eigenvalue weighted by Crippen LogP contribution is 2.29.